The van der Waals surface area contributed by atoms with Crippen molar-refractivity contribution in [3.8, 4) is 11.5 Å². The summed E-state index contributed by atoms with van der Waals surface area (Å²) < 4.78 is 12.2. The summed E-state index contributed by atoms with van der Waals surface area (Å²) in [5.74, 6) is 1.50. The van der Waals surface area contributed by atoms with Gasteiger partial charge in [-0.25, -0.2) is 4.79 Å². The maximum atomic E-state index is 10.6. The predicted octanol–water partition coefficient (Wildman–Crippen LogP) is 3.11. The largest absolute Gasteiger partial charge is 0.486 e. The van der Waals surface area contributed by atoms with E-state index < -0.39 is 0 Å². The predicted molar refractivity (Wildman–Crippen MR) is 73.5 cm³/mol. The van der Waals surface area contributed by atoms with Crippen LogP contribution in [-0.4, -0.2) is 19.3 Å². The number of hydrogen-bond donors (Lipinski definition) is 0. The smallest absolute Gasteiger partial charge is 0.235 e. The summed E-state index contributed by atoms with van der Waals surface area (Å²) >= 11 is 3.60. The highest BCUT2D eigenvalue weighted by molar-refractivity contribution is 9.10. The molecule has 19 heavy (non-hydrogen) atoms. The summed E-state index contributed by atoms with van der Waals surface area (Å²) in [5, 5.41) is 0. The summed E-state index contributed by atoms with van der Waals surface area (Å²) in [6.45, 7) is 3.19. The monoisotopic (exact) mass is 323 g/mol. The zero-order valence-electron chi connectivity index (χ0n) is 10.7. The lowest BCUT2D eigenvalue weighted by Crippen LogP contribution is -2.18. The molecule has 0 atom stereocenters. The number of carbonyl (C=O) groups excluding carboxylic acids is 1. The van der Waals surface area contributed by atoms with Gasteiger partial charge in [0.05, 0.1) is 10.0 Å². The molecule has 1 aromatic rings. The van der Waals surface area contributed by atoms with Gasteiger partial charge in [-0.2, -0.15) is 4.99 Å². The SMILES string of the molecule is CCc1c(C2(N=C=O)CC2)cc2c(c1Br)OCCO2. The molecule has 1 aromatic carbocycles. The van der Waals surface area contributed by atoms with Crippen molar-refractivity contribution in [1.29, 1.82) is 0 Å². The van der Waals surface area contributed by atoms with Crippen LogP contribution in [0.5, 0.6) is 11.5 Å². The van der Waals surface area contributed by atoms with Crippen molar-refractivity contribution in [3.05, 3.63) is 21.7 Å². The molecule has 1 aliphatic heterocycles. The van der Waals surface area contributed by atoms with E-state index >= 15 is 0 Å². The molecule has 0 unspecified atom stereocenters. The van der Waals surface area contributed by atoms with Crippen LogP contribution in [0.3, 0.4) is 0 Å². The molecule has 4 nitrogen and oxygen atoms in total. The van der Waals surface area contributed by atoms with E-state index in [9.17, 15) is 4.79 Å². The van der Waals surface area contributed by atoms with E-state index in [1.807, 2.05) is 6.07 Å². The number of nitrogens with zero attached hydrogens (tertiary/aromatic N) is 1. The second kappa shape index (κ2) is 4.66. The van der Waals surface area contributed by atoms with Gasteiger partial charge in [-0.1, -0.05) is 6.92 Å². The number of ether oxygens (including phenoxy) is 2. The van der Waals surface area contributed by atoms with Gasteiger partial charge in [0.2, 0.25) is 6.08 Å². The summed E-state index contributed by atoms with van der Waals surface area (Å²) in [6, 6.07) is 1.98. The van der Waals surface area contributed by atoms with Crippen molar-refractivity contribution in [2.24, 2.45) is 4.99 Å². The molecule has 0 N–H and O–H groups in total. The van der Waals surface area contributed by atoms with Crippen molar-refractivity contribution >= 4 is 22.0 Å². The van der Waals surface area contributed by atoms with Crippen LogP contribution < -0.4 is 9.47 Å². The fraction of sp³-hybridized carbons (Fsp3) is 0.500. The Hall–Kier alpha value is -1.32. The zero-order chi connectivity index (χ0) is 13.5. The Morgan fingerprint density at radius 3 is 2.79 bits per heavy atom. The van der Waals surface area contributed by atoms with Crippen LogP contribution in [0.4, 0.5) is 0 Å². The number of hydrogen-bond acceptors (Lipinski definition) is 4. The molecule has 1 fully saturated rings. The Kier molecular flexibility index (Phi) is 3.11. The second-order valence-electron chi connectivity index (χ2n) is 4.83. The normalized spacial score (nSPS) is 18.6. The van der Waals surface area contributed by atoms with Crippen LogP contribution in [-0.2, 0) is 16.8 Å². The van der Waals surface area contributed by atoms with Crippen molar-refractivity contribution < 1.29 is 14.3 Å². The van der Waals surface area contributed by atoms with Gasteiger partial charge in [0.15, 0.2) is 11.5 Å². The number of rotatable bonds is 3. The van der Waals surface area contributed by atoms with Crippen LogP contribution in [0.2, 0.25) is 0 Å². The van der Waals surface area contributed by atoms with Gasteiger partial charge >= 0.3 is 0 Å². The van der Waals surface area contributed by atoms with Crippen LogP contribution >= 0.6 is 15.9 Å². The lowest BCUT2D eigenvalue weighted by Gasteiger charge is -2.24. The van der Waals surface area contributed by atoms with Crippen molar-refractivity contribution in [2.75, 3.05) is 13.2 Å². The highest BCUT2D eigenvalue weighted by Gasteiger charge is 2.47. The van der Waals surface area contributed by atoms with Gasteiger partial charge in [0, 0.05) is 0 Å². The van der Waals surface area contributed by atoms with Crippen LogP contribution in [0, 0.1) is 0 Å². The number of benzene rings is 1. The Bertz CT molecular complexity index is 575. The standard InChI is InChI=1S/C14H14BrNO3/c1-2-9-10(14(3-4-14)16-8-17)7-11-13(12(9)15)19-6-5-18-11/h7H,2-6H2,1H3. The third-order valence-corrected chi connectivity index (χ3v) is 4.55. The maximum Gasteiger partial charge on any atom is 0.235 e. The van der Waals surface area contributed by atoms with E-state index in [0.29, 0.717) is 13.2 Å². The van der Waals surface area contributed by atoms with Crippen LogP contribution in [0.25, 0.3) is 0 Å². The summed E-state index contributed by atoms with van der Waals surface area (Å²) in [4.78, 5) is 14.7. The third-order valence-electron chi connectivity index (χ3n) is 3.71. The van der Waals surface area contributed by atoms with E-state index in [-0.39, 0.29) is 5.54 Å². The van der Waals surface area contributed by atoms with E-state index in [0.717, 1.165) is 46.4 Å². The molecular weight excluding hydrogens is 310 g/mol. The maximum absolute atomic E-state index is 10.6. The Morgan fingerprint density at radius 1 is 1.42 bits per heavy atom. The molecule has 1 aliphatic carbocycles. The minimum Gasteiger partial charge on any atom is -0.486 e. The zero-order valence-corrected chi connectivity index (χ0v) is 12.2. The van der Waals surface area contributed by atoms with Gasteiger partial charge in [0.25, 0.3) is 0 Å². The first-order valence-corrected chi connectivity index (χ1v) is 7.21. The topological polar surface area (TPSA) is 47.9 Å². The molecule has 0 radical (unpaired) electrons. The molecule has 3 rings (SSSR count). The van der Waals surface area contributed by atoms with Gasteiger partial charge in [-0.3, -0.25) is 0 Å². The average Bonchev–Trinajstić information content (AvgIpc) is 3.20. The Morgan fingerprint density at radius 2 is 2.16 bits per heavy atom. The highest BCUT2D eigenvalue weighted by Crippen LogP contribution is 2.54. The fourth-order valence-corrected chi connectivity index (χ4v) is 3.40. The Labute approximate surface area is 119 Å². The van der Waals surface area contributed by atoms with Crippen molar-refractivity contribution in [2.45, 2.75) is 31.7 Å². The molecular formula is C14H14BrNO3. The first-order valence-electron chi connectivity index (χ1n) is 6.42. The van der Waals surface area contributed by atoms with Crippen molar-refractivity contribution in [1.82, 2.24) is 0 Å². The number of isocyanates is 1. The number of halogens is 1. The molecule has 100 valence electrons. The summed E-state index contributed by atoms with van der Waals surface area (Å²) in [7, 11) is 0. The molecule has 0 bridgehead atoms. The number of fused-ring (bicyclic) bond motifs is 1. The summed E-state index contributed by atoms with van der Waals surface area (Å²) in [5.41, 5.74) is 1.82. The van der Waals surface area contributed by atoms with E-state index in [1.54, 1.807) is 6.08 Å². The van der Waals surface area contributed by atoms with Gasteiger partial charge < -0.3 is 9.47 Å². The first kappa shape index (κ1) is 12.7. The van der Waals surface area contributed by atoms with E-state index in [4.69, 9.17) is 9.47 Å². The quantitative estimate of drug-likeness (QED) is 0.634. The van der Waals surface area contributed by atoms with E-state index in [1.165, 1.54) is 0 Å². The molecule has 0 saturated heterocycles. The minimum atomic E-state index is -0.383. The van der Waals surface area contributed by atoms with E-state index in [2.05, 4.69) is 27.8 Å². The summed E-state index contributed by atoms with van der Waals surface area (Å²) in [6.07, 6.45) is 4.34. The van der Waals surface area contributed by atoms with Gasteiger partial charge in [0.1, 0.15) is 13.2 Å². The molecule has 5 heteroatoms. The lowest BCUT2D eigenvalue weighted by molar-refractivity contribution is 0.170. The molecule has 0 aromatic heterocycles. The average molecular weight is 324 g/mol. The van der Waals surface area contributed by atoms with Crippen LogP contribution in [0.1, 0.15) is 30.9 Å². The molecule has 2 aliphatic rings. The van der Waals surface area contributed by atoms with Crippen LogP contribution in [0.15, 0.2) is 15.5 Å². The van der Waals surface area contributed by atoms with Gasteiger partial charge in [-0.15, -0.1) is 0 Å². The molecule has 0 amide bonds. The first-order chi connectivity index (χ1) is 9.22. The molecule has 0 spiro atoms. The van der Waals surface area contributed by atoms with Gasteiger partial charge in [-0.05, 0) is 52.4 Å². The number of aliphatic imine (C=N–C) groups is 1. The minimum absolute atomic E-state index is 0.383. The van der Waals surface area contributed by atoms with Crippen molar-refractivity contribution in [3.63, 3.8) is 0 Å². The molecule has 1 saturated carbocycles. The third kappa shape index (κ3) is 1.97. The lowest BCUT2D eigenvalue weighted by atomic mass is 9.96. The fourth-order valence-electron chi connectivity index (χ4n) is 2.59. The molecule has 1 heterocycles. The second-order valence-corrected chi connectivity index (χ2v) is 5.62. The Balaban J connectivity index is 2.19. The highest BCUT2D eigenvalue weighted by atomic mass is 79.9.